The molecule has 3 nitrogen and oxygen atoms in total. The first-order valence-electron chi connectivity index (χ1n) is 6.57. The van der Waals surface area contributed by atoms with E-state index in [0.29, 0.717) is 19.1 Å². The molecule has 0 aliphatic heterocycles. The normalized spacial score (nSPS) is 17.1. The van der Waals surface area contributed by atoms with E-state index in [1.165, 1.54) is 0 Å². The van der Waals surface area contributed by atoms with E-state index in [1.54, 1.807) is 0 Å². The Bertz CT molecular complexity index is 150. The Kier molecular flexibility index (Phi) is 9.99. The van der Waals surface area contributed by atoms with Crippen molar-refractivity contribution in [2.45, 2.75) is 65.1 Å². The zero-order valence-corrected chi connectivity index (χ0v) is 11.0. The van der Waals surface area contributed by atoms with Gasteiger partial charge in [-0.3, -0.25) is 0 Å². The second-order valence-corrected chi connectivity index (χ2v) is 4.51. The van der Waals surface area contributed by atoms with Crippen LogP contribution < -0.4 is 0 Å². The van der Waals surface area contributed by atoms with Gasteiger partial charge in [0.1, 0.15) is 0 Å². The first-order chi connectivity index (χ1) is 7.63. The van der Waals surface area contributed by atoms with Gasteiger partial charge >= 0.3 is 0 Å². The Morgan fingerprint density at radius 3 is 1.94 bits per heavy atom. The van der Waals surface area contributed by atoms with Crippen LogP contribution in [0.5, 0.6) is 0 Å². The fraction of sp³-hybridized carbons (Fsp3) is 1.00. The zero-order chi connectivity index (χ0) is 12.4. The molecule has 0 fully saturated rings. The van der Waals surface area contributed by atoms with Crippen LogP contribution >= 0.6 is 0 Å². The molecule has 0 aliphatic rings. The van der Waals surface area contributed by atoms with Gasteiger partial charge in [0.2, 0.25) is 0 Å². The minimum Gasteiger partial charge on any atom is -0.393 e. The van der Waals surface area contributed by atoms with E-state index in [1.807, 2.05) is 13.8 Å². The van der Waals surface area contributed by atoms with Gasteiger partial charge in [0.25, 0.3) is 0 Å². The lowest BCUT2D eigenvalue weighted by Gasteiger charge is -2.17. The monoisotopic (exact) mass is 232 g/mol. The van der Waals surface area contributed by atoms with Gasteiger partial charge in [0.15, 0.2) is 0 Å². The Balaban J connectivity index is 3.58. The highest BCUT2D eigenvalue weighted by atomic mass is 16.5. The Hall–Kier alpha value is -0.120. The lowest BCUT2D eigenvalue weighted by molar-refractivity contribution is 0.0154. The van der Waals surface area contributed by atoms with Crippen LogP contribution in [0.3, 0.4) is 0 Å². The van der Waals surface area contributed by atoms with Crippen LogP contribution in [-0.2, 0) is 4.74 Å². The van der Waals surface area contributed by atoms with E-state index in [0.717, 1.165) is 32.1 Å². The van der Waals surface area contributed by atoms with Crippen molar-refractivity contribution in [3.63, 3.8) is 0 Å². The van der Waals surface area contributed by atoms with Gasteiger partial charge in [-0.25, -0.2) is 0 Å². The highest BCUT2D eigenvalue weighted by molar-refractivity contribution is 4.61. The van der Waals surface area contributed by atoms with Gasteiger partial charge < -0.3 is 14.9 Å². The maximum atomic E-state index is 9.47. The highest BCUT2D eigenvalue weighted by Crippen LogP contribution is 2.14. The Labute approximate surface area is 99.8 Å². The lowest BCUT2D eigenvalue weighted by Crippen LogP contribution is -2.18. The molecular formula is C13H28O3. The molecule has 0 saturated heterocycles. The van der Waals surface area contributed by atoms with Crippen LogP contribution in [0, 0.1) is 5.92 Å². The van der Waals surface area contributed by atoms with Crippen LogP contribution in [0.4, 0.5) is 0 Å². The van der Waals surface area contributed by atoms with Gasteiger partial charge in [-0.15, -0.1) is 0 Å². The van der Waals surface area contributed by atoms with Crippen molar-refractivity contribution >= 4 is 0 Å². The number of hydrogen-bond acceptors (Lipinski definition) is 3. The second-order valence-electron chi connectivity index (χ2n) is 4.51. The van der Waals surface area contributed by atoms with E-state index < -0.39 is 0 Å². The maximum Gasteiger partial charge on any atom is 0.0771 e. The Morgan fingerprint density at radius 1 is 0.812 bits per heavy atom. The van der Waals surface area contributed by atoms with E-state index in [2.05, 4.69) is 6.92 Å². The number of hydrogen-bond donors (Lipinski definition) is 2. The first-order valence-corrected chi connectivity index (χ1v) is 6.57. The van der Waals surface area contributed by atoms with Gasteiger partial charge in [0, 0.05) is 6.61 Å². The molecule has 3 atom stereocenters. The van der Waals surface area contributed by atoms with Crippen LogP contribution in [0.2, 0.25) is 0 Å². The van der Waals surface area contributed by atoms with E-state index in [9.17, 15) is 10.2 Å². The number of ether oxygens (including phenoxy) is 1. The molecule has 0 aromatic heterocycles. The summed E-state index contributed by atoms with van der Waals surface area (Å²) in [6.45, 7) is 7.22. The molecule has 0 radical (unpaired) electrons. The molecule has 16 heavy (non-hydrogen) atoms. The smallest absolute Gasteiger partial charge is 0.0771 e. The maximum absolute atomic E-state index is 9.47. The topological polar surface area (TPSA) is 49.7 Å². The average Bonchev–Trinajstić information content (AvgIpc) is 2.32. The SMILES string of the molecule is CCC(O)CCC(CC)COCC(O)CC. The molecule has 0 spiro atoms. The molecule has 0 aliphatic carbocycles. The fourth-order valence-corrected chi connectivity index (χ4v) is 1.53. The van der Waals surface area contributed by atoms with Crippen LogP contribution in [-0.4, -0.2) is 35.6 Å². The summed E-state index contributed by atoms with van der Waals surface area (Å²) in [5.74, 6) is 0.505. The molecule has 0 amide bonds. The van der Waals surface area contributed by atoms with Crippen molar-refractivity contribution in [3.8, 4) is 0 Å². The first kappa shape index (κ1) is 15.9. The van der Waals surface area contributed by atoms with Gasteiger partial charge in [-0.05, 0) is 31.6 Å². The number of aliphatic hydroxyl groups is 2. The summed E-state index contributed by atoms with van der Waals surface area (Å²) < 4.78 is 5.47. The molecule has 3 unspecified atom stereocenters. The van der Waals surface area contributed by atoms with Crippen LogP contribution in [0.25, 0.3) is 0 Å². The van der Waals surface area contributed by atoms with Gasteiger partial charge in [-0.2, -0.15) is 0 Å². The van der Waals surface area contributed by atoms with Crippen molar-refractivity contribution in [1.29, 1.82) is 0 Å². The molecule has 0 heterocycles. The predicted molar refractivity (Wildman–Crippen MR) is 66.4 cm³/mol. The molecule has 0 saturated carbocycles. The molecule has 0 aromatic rings. The number of aliphatic hydroxyl groups excluding tert-OH is 2. The summed E-state index contributed by atoms with van der Waals surface area (Å²) in [5.41, 5.74) is 0. The van der Waals surface area contributed by atoms with Gasteiger partial charge in [-0.1, -0.05) is 27.2 Å². The fourth-order valence-electron chi connectivity index (χ4n) is 1.53. The molecule has 0 aromatic carbocycles. The average molecular weight is 232 g/mol. The van der Waals surface area contributed by atoms with Crippen molar-refractivity contribution in [2.24, 2.45) is 5.92 Å². The van der Waals surface area contributed by atoms with Gasteiger partial charge in [0.05, 0.1) is 18.8 Å². The van der Waals surface area contributed by atoms with E-state index >= 15 is 0 Å². The largest absolute Gasteiger partial charge is 0.393 e. The summed E-state index contributed by atoms with van der Waals surface area (Å²) in [6, 6.07) is 0. The van der Waals surface area contributed by atoms with E-state index in [-0.39, 0.29) is 12.2 Å². The summed E-state index contributed by atoms with van der Waals surface area (Å²) in [6.07, 6.45) is 3.99. The third-order valence-corrected chi connectivity index (χ3v) is 3.09. The van der Waals surface area contributed by atoms with Crippen LogP contribution in [0.15, 0.2) is 0 Å². The summed E-state index contributed by atoms with van der Waals surface area (Å²) >= 11 is 0. The van der Waals surface area contributed by atoms with Crippen molar-refractivity contribution < 1.29 is 14.9 Å². The second kappa shape index (κ2) is 10.1. The standard InChI is InChI=1S/C13H28O3/c1-4-11(7-8-12(14)5-2)9-16-10-13(15)6-3/h11-15H,4-10H2,1-3H3. The lowest BCUT2D eigenvalue weighted by atomic mass is 9.98. The molecule has 0 rings (SSSR count). The molecule has 0 bridgehead atoms. The summed E-state index contributed by atoms with van der Waals surface area (Å²) in [7, 11) is 0. The van der Waals surface area contributed by atoms with E-state index in [4.69, 9.17) is 4.74 Å². The number of rotatable bonds is 10. The third-order valence-electron chi connectivity index (χ3n) is 3.09. The molecule has 98 valence electrons. The zero-order valence-electron chi connectivity index (χ0n) is 11.0. The highest BCUT2D eigenvalue weighted by Gasteiger charge is 2.10. The minimum atomic E-state index is -0.335. The quantitative estimate of drug-likeness (QED) is 0.608. The summed E-state index contributed by atoms with van der Waals surface area (Å²) in [4.78, 5) is 0. The predicted octanol–water partition coefficient (Wildman–Crippen LogP) is 2.35. The molecule has 2 N–H and O–H groups in total. The Morgan fingerprint density at radius 2 is 1.44 bits per heavy atom. The van der Waals surface area contributed by atoms with Crippen LogP contribution in [0.1, 0.15) is 52.9 Å². The van der Waals surface area contributed by atoms with Crippen molar-refractivity contribution in [3.05, 3.63) is 0 Å². The third kappa shape index (κ3) is 8.08. The van der Waals surface area contributed by atoms with Crippen molar-refractivity contribution in [2.75, 3.05) is 13.2 Å². The molecular weight excluding hydrogens is 204 g/mol. The summed E-state index contributed by atoms with van der Waals surface area (Å²) in [5, 5.41) is 18.8. The minimum absolute atomic E-state index is 0.171. The van der Waals surface area contributed by atoms with Crippen molar-refractivity contribution in [1.82, 2.24) is 0 Å². The molecule has 3 heteroatoms.